The van der Waals surface area contributed by atoms with Gasteiger partial charge in [-0.25, -0.2) is 0 Å². The number of methoxy groups -OCH3 is 2. The number of halogens is 1. The Balaban J connectivity index is 2.78. The van der Waals surface area contributed by atoms with Crippen LogP contribution in [0.5, 0.6) is 0 Å². The Labute approximate surface area is 106 Å². The molecule has 1 aromatic heterocycles. The molecule has 6 heteroatoms. The van der Waals surface area contributed by atoms with Gasteiger partial charge in [0.1, 0.15) is 0 Å². The Morgan fingerprint density at radius 3 is 2.25 bits per heavy atom. The molecule has 0 saturated carbocycles. The number of carbonyl (C=O) groups is 2. The molecule has 4 nitrogen and oxygen atoms in total. The molecule has 1 aromatic rings. The van der Waals surface area contributed by atoms with Crippen LogP contribution in [0.1, 0.15) is 4.88 Å². The lowest BCUT2D eigenvalue weighted by Crippen LogP contribution is -2.28. The number of thiophene rings is 1. The summed E-state index contributed by atoms with van der Waals surface area (Å²) in [5.41, 5.74) is 0. The van der Waals surface area contributed by atoms with Crippen molar-refractivity contribution in [3.8, 4) is 0 Å². The number of hydrogen-bond donors (Lipinski definition) is 0. The van der Waals surface area contributed by atoms with Crippen molar-refractivity contribution >= 4 is 39.2 Å². The van der Waals surface area contributed by atoms with Crippen LogP contribution in [0.25, 0.3) is 0 Å². The third-order valence-electron chi connectivity index (χ3n) is 2.01. The second-order valence-electron chi connectivity index (χ2n) is 3.01. The summed E-state index contributed by atoms with van der Waals surface area (Å²) >= 11 is 4.79. The molecule has 0 bridgehead atoms. The van der Waals surface area contributed by atoms with Crippen molar-refractivity contribution in [3.05, 3.63) is 20.8 Å². The summed E-state index contributed by atoms with van der Waals surface area (Å²) in [5.74, 6) is -2.03. The molecular weight excluding hydrogens is 296 g/mol. The summed E-state index contributed by atoms with van der Waals surface area (Å²) in [5, 5.41) is 0. The average Bonchev–Trinajstić information content (AvgIpc) is 2.69. The van der Waals surface area contributed by atoms with E-state index in [0.717, 1.165) is 8.66 Å². The Bertz CT molecular complexity index is 372. The van der Waals surface area contributed by atoms with Gasteiger partial charge < -0.3 is 9.47 Å². The van der Waals surface area contributed by atoms with Crippen LogP contribution in [-0.2, 0) is 25.5 Å². The molecule has 0 saturated heterocycles. The van der Waals surface area contributed by atoms with E-state index in [-0.39, 0.29) is 0 Å². The maximum Gasteiger partial charge on any atom is 0.320 e. The molecule has 0 aromatic carbocycles. The van der Waals surface area contributed by atoms with E-state index >= 15 is 0 Å². The quantitative estimate of drug-likeness (QED) is 0.631. The molecule has 16 heavy (non-hydrogen) atoms. The molecule has 0 amide bonds. The van der Waals surface area contributed by atoms with E-state index in [9.17, 15) is 9.59 Å². The lowest BCUT2D eigenvalue weighted by Gasteiger charge is -2.10. The summed E-state index contributed by atoms with van der Waals surface area (Å²) < 4.78 is 10.1. The predicted octanol–water partition coefficient (Wildman–Crippen LogP) is 2.02. The first kappa shape index (κ1) is 13.2. The minimum Gasteiger partial charge on any atom is -0.468 e. The standard InChI is InChI=1S/C10H11BrO4S/c1-14-9(12)7(10(13)15-2)5-6-3-4-8(11)16-6/h3-4,7H,5H2,1-2H3. The second kappa shape index (κ2) is 6.00. The van der Waals surface area contributed by atoms with Crippen LogP contribution < -0.4 is 0 Å². The van der Waals surface area contributed by atoms with Crippen molar-refractivity contribution in [1.82, 2.24) is 0 Å². The Kier molecular flexibility index (Phi) is 4.95. The summed E-state index contributed by atoms with van der Waals surface area (Å²) in [4.78, 5) is 23.7. The van der Waals surface area contributed by atoms with Crippen LogP contribution in [0.4, 0.5) is 0 Å². The minimum absolute atomic E-state index is 0.301. The van der Waals surface area contributed by atoms with Crippen molar-refractivity contribution < 1.29 is 19.1 Å². The van der Waals surface area contributed by atoms with Crippen LogP contribution in [0.15, 0.2) is 15.9 Å². The third-order valence-corrected chi connectivity index (χ3v) is 3.65. The highest BCUT2D eigenvalue weighted by Gasteiger charge is 2.29. The summed E-state index contributed by atoms with van der Waals surface area (Å²) in [7, 11) is 2.51. The first-order chi connectivity index (χ1) is 7.58. The molecular formula is C10H11BrO4S. The minimum atomic E-state index is -0.888. The maximum absolute atomic E-state index is 11.4. The smallest absolute Gasteiger partial charge is 0.320 e. The van der Waals surface area contributed by atoms with E-state index in [1.54, 1.807) is 0 Å². The van der Waals surface area contributed by atoms with Crippen LogP contribution in [0.3, 0.4) is 0 Å². The fraction of sp³-hybridized carbons (Fsp3) is 0.400. The molecule has 0 N–H and O–H groups in total. The van der Waals surface area contributed by atoms with Gasteiger partial charge >= 0.3 is 11.9 Å². The normalized spacial score (nSPS) is 10.2. The predicted molar refractivity (Wildman–Crippen MR) is 63.2 cm³/mol. The second-order valence-corrected chi connectivity index (χ2v) is 5.56. The Morgan fingerprint density at radius 1 is 1.31 bits per heavy atom. The SMILES string of the molecule is COC(=O)C(Cc1ccc(Br)s1)C(=O)OC. The summed E-state index contributed by atoms with van der Waals surface area (Å²) in [6, 6.07) is 3.72. The first-order valence-electron chi connectivity index (χ1n) is 4.48. The highest BCUT2D eigenvalue weighted by molar-refractivity contribution is 9.11. The summed E-state index contributed by atoms with van der Waals surface area (Å²) in [6.07, 6.45) is 0.301. The van der Waals surface area contributed by atoms with Gasteiger partial charge in [-0.1, -0.05) is 0 Å². The van der Waals surface area contributed by atoms with Crippen molar-refractivity contribution in [2.75, 3.05) is 14.2 Å². The van der Waals surface area contributed by atoms with Gasteiger partial charge in [0.05, 0.1) is 18.0 Å². The zero-order valence-electron chi connectivity index (χ0n) is 8.86. The highest BCUT2D eigenvalue weighted by Crippen LogP contribution is 2.25. The monoisotopic (exact) mass is 306 g/mol. The topological polar surface area (TPSA) is 52.6 Å². The van der Waals surface area contributed by atoms with Gasteiger partial charge in [-0.2, -0.15) is 0 Å². The molecule has 0 radical (unpaired) electrons. The van der Waals surface area contributed by atoms with E-state index < -0.39 is 17.9 Å². The van der Waals surface area contributed by atoms with Gasteiger partial charge in [0, 0.05) is 11.3 Å². The molecule has 1 heterocycles. The molecule has 1 rings (SSSR count). The van der Waals surface area contributed by atoms with Gasteiger partial charge in [0.15, 0.2) is 5.92 Å². The van der Waals surface area contributed by atoms with E-state index in [1.807, 2.05) is 12.1 Å². The van der Waals surface area contributed by atoms with Crippen LogP contribution in [0.2, 0.25) is 0 Å². The van der Waals surface area contributed by atoms with Crippen molar-refractivity contribution in [2.24, 2.45) is 5.92 Å². The van der Waals surface area contributed by atoms with Gasteiger partial charge in [-0.05, 0) is 28.1 Å². The van der Waals surface area contributed by atoms with Gasteiger partial charge in [0.25, 0.3) is 0 Å². The van der Waals surface area contributed by atoms with E-state index in [1.165, 1.54) is 25.6 Å². The number of ether oxygens (including phenoxy) is 2. The summed E-state index contributed by atoms with van der Waals surface area (Å²) in [6.45, 7) is 0. The Morgan fingerprint density at radius 2 is 1.88 bits per heavy atom. The van der Waals surface area contributed by atoms with Gasteiger partial charge in [-0.3, -0.25) is 9.59 Å². The lowest BCUT2D eigenvalue weighted by molar-refractivity contribution is -0.158. The lowest BCUT2D eigenvalue weighted by atomic mass is 10.1. The molecule has 0 unspecified atom stereocenters. The fourth-order valence-electron chi connectivity index (χ4n) is 1.21. The van der Waals surface area contributed by atoms with Gasteiger partial charge in [0.2, 0.25) is 0 Å². The molecule has 0 atom stereocenters. The number of esters is 2. The van der Waals surface area contributed by atoms with Crippen LogP contribution in [-0.4, -0.2) is 26.2 Å². The number of rotatable bonds is 4. The molecule has 88 valence electrons. The number of hydrogen-bond acceptors (Lipinski definition) is 5. The fourth-order valence-corrected chi connectivity index (χ4v) is 2.74. The van der Waals surface area contributed by atoms with Crippen LogP contribution >= 0.6 is 27.3 Å². The molecule has 0 spiro atoms. The largest absolute Gasteiger partial charge is 0.468 e. The first-order valence-corrected chi connectivity index (χ1v) is 6.09. The van der Waals surface area contributed by atoms with Crippen molar-refractivity contribution in [1.29, 1.82) is 0 Å². The van der Waals surface area contributed by atoms with E-state index in [4.69, 9.17) is 0 Å². The zero-order chi connectivity index (χ0) is 12.1. The van der Waals surface area contributed by atoms with E-state index in [0.29, 0.717) is 6.42 Å². The maximum atomic E-state index is 11.4. The molecule has 0 fully saturated rings. The average molecular weight is 307 g/mol. The van der Waals surface area contributed by atoms with Gasteiger partial charge in [-0.15, -0.1) is 11.3 Å². The van der Waals surface area contributed by atoms with Crippen LogP contribution in [0, 0.1) is 5.92 Å². The van der Waals surface area contributed by atoms with E-state index in [2.05, 4.69) is 25.4 Å². The van der Waals surface area contributed by atoms with Crippen molar-refractivity contribution in [2.45, 2.75) is 6.42 Å². The third kappa shape index (κ3) is 3.31. The zero-order valence-corrected chi connectivity index (χ0v) is 11.3. The number of carbonyl (C=O) groups excluding carboxylic acids is 2. The molecule has 0 aliphatic carbocycles. The molecule has 0 aliphatic heterocycles. The molecule has 0 aliphatic rings. The highest BCUT2D eigenvalue weighted by atomic mass is 79.9. The van der Waals surface area contributed by atoms with Crippen molar-refractivity contribution in [3.63, 3.8) is 0 Å². The Hall–Kier alpha value is -0.880.